The van der Waals surface area contributed by atoms with Gasteiger partial charge in [-0.2, -0.15) is 0 Å². The van der Waals surface area contributed by atoms with Crippen LogP contribution < -0.4 is 10.6 Å². The van der Waals surface area contributed by atoms with Crippen molar-refractivity contribution in [3.05, 3.63) is 30.1 Å². The van der Waals surface area contributed by atoms with Crippen molar-refractivity contribution < 1.29 is 12.8 Å². The summed E-state index contributed by atoms with van der Waals surface area (Å²) in [5.74, 6) is -0.322. The fourth-order valence-corrected chi connectivity index (χ4v) is 3.04. The molecule has 1 aromatic rings. The minimum atomic E-state index is -3.65. The summed E-state index contributed by atoms with van der Waals surface area (Å²) in [6, 6.07) is 5.41. The van der Waals surface area contributed by atoms with Crippen molar-refractivity contribution in [3.63, 3.8) is 0 Å². The predicted octanol–water partition coefficient (Wildman–Crippen LogP) is 1.95. The molecule has 5 nitrogen and oxygen atoms in total. The summed E-state index contributed by atoms with van der Waals surface area (Å²) in [6.45, 7) is 5.57. The molecule has 0 aliphatic carbocycles. The number of nitrogens with zero attached hydrogens (tertiary/aromatic N) is 1. The molecule has 1 aromatic carbocycles. The minimum Gasteiger partial charge on any atom is -0.357 e. The van der Waals surface area contributed by atoms with E-state index in [4.69, 9.17) is 0 Å². The lowest BCUT2D eigenvalue weighted by molar-refractivity contribution is 0.566. The second-order valence-corrected chi connectivity index (χ2v) is 6.87. The van der Waals surface area contributed by atoms with E-state index in [1.165, 1.54) is 18.2 Å². The first-order valence-electron chi connectivity index (χ1n) is 7.50. The highest BCUT2D eigenvalue weighted by atomic mass is 32.2. The molecule has 0 saturated heterocycles. The van der Waals surface area contributed by atoms with E-state index in [0.29, 0.717) is 19.0 Å². The monoisotopic (exact) mass is 329 g/mol. The van der Waals surface area contributed by atoms with Crippen LogP contribution in [0.2, 0.25) is 0 Å². The summed E-state index contributed by atoms with van der Waals surface area (Å²) in [7, 11) is -3.65. The highest BCUT2D eigenvalue weighted by Crippen LogP contribution is 2.14. The number of rotatable bonds is 8. The quantitative estimate of drug-likeness (QED) is 0.434. The lowest BCUT2D eigenvalue weighted by Gasteiger charge is -2.11. The van der Waals surface area contributed by atoms with Gasteiger partial charge in [0, 0.05) is 19.6 Å². The maximum absolute atomic E-state index is 13.6. The van der Waals surface area contributed by atoms with E-state index < -0.39 is 15.7 Å². The van der Waals surface area contributed by atoms with E-state index in [-0.39, 0.29) is 17.2 Å². The van der Waals surface area contributed by atoms with Crippen molar-refractivity contribution in [2.45, 2.75) is 31.6 Å². The first kappa shape index (κ1) is 18.4. The zero-order chi connectivity index (χ0) is 16.4. The molecule has 22 heavy (non-hydrogen) atoms. The van der Waals surface area contributed by atoms with E-state index in [1.54, 1.807) is 0 Å². The Kier molecular flexibility index (Phi) is 7.87. The Bertz CT molecular complexity index is 588. The van der Waals surface area contributed by atoms with Gasteiger partial charge in [-0.15, -0.1) is 0 Å². The fraction of sp³-hybridized carbons (Fsp3) is 0.533. The second-order valence-electron chi connectivity index (χ2n) is 4.79. The van der Waals surface area contributed by atoms with E-state index in [2.05, 4.69) is 22.5 Å². The largest absolute Gasteiger partial charge is 0.357 e. The van der Waals surface area contributed by atoms with Crippen LogP contribution in [0, 0.1) is 5.82 Å². The molecule has 0 amide bonds. The van der Waals surface area contributed by atoms with Crippen LogP contribution in [0.15, 0.2) is 34.2 Å². The number of nitrogens with one attached hydrogen (secondary N) is 2. The van der Waals surface area contributed by atoms with Gasteiger partial charge in [-0.3, -0.25) is 4.99 Å². The molecule has 0 heterocycles. The van der Waals surface area contributed by atoms with Crippen LogP contribution in [0.3, 0.4) is 0 Å². The Balaban J connectivity index is 2.60. The Hall–Kier alpha value is -1.63. The molecule has 0 bridgehead atoms. The topological polar surface area (TPSA) is 70.6 Å². The fourth-order valence-electron chi connectivity index (χ4n) is 1.80. The Labute approximate surface area is 132 Å². The number of benzene rings is 1. The molecule has 124 valence electrons. The van der Waals surface area contributed by atoms with Gasteiger partial charge >= 0.3 is 0 Å². The SMILES string of the molecule is CCCCN=C(NCC)NCCS(=O)(=O)c1ccccc1F. The summed E-state index contributed by atoms with van der Waals surface area (Å²) in [5, 5.41) is 6.01. The summed E-state index contributed by atoms with van der Waals surface area (Å²) >= 11 is 0. The first-order chi connectivity index (χ1) is 10.5. The van der Waals surface area contributed by atoms with Crippen LogP contribution in [0.5, 0.6) is 0 Å². The number of hydrogen-bond acceptors (Lipinski definition) is 3. The molecule has 0 fully saturated rings. The number of hydrogen-bond donors (Lipinski definition) is 2. The minimum absolute atomic E-state index is 0.175. The lowest BCUT2D eigenvalue weighted by Crippen LogP contribution is -2.39. The van der Waals surface area contributed by atoms with Crippen molar-refractivity contribution >= 4 is 15.8 Å². The zero-order valence-electron chi connectivity index (χ0n) is 13.1. The lowest BCUT2D eigenvalue weighted by atomic mass is 10.3. The van der Waals surface area contributed by atoms with Crippen LogP contribution in [-0.2, 0) is 9.84 Å². The smallest absolute Gasteiger partial charge is 0.191 e. The molecule has 7 heteroatoms. The van der Waals surface area contributed by atoms with E-state index in [1.807, 2.05) is 6.92 Å². The zero-order valence-corrected chi connectivity index (χ0v) is 13.9. The number of aliphatic imine (C=N–C) groups is 1. The van der Waals surface area contributed by atoms with E-state index in [9.17, 15) is 12.8 Å². The molecule has 2 N–H and O–H groups in total. The number of sulfone groups is 1. The van der Waals surface area contributed by atoms with Crippen molar-refractivity contribution in [1.29, 1.82) is 0 Å². The van der Waals surface area contributed by atoms with Crippen LogP contribution in [0.1, 0.15) is 26.7 Å². The summed E-state index contributed by atoms with van der Waals surface area (Å²) in [6.07, 6.45) is 2.02. The van der Waals surface area contributed by atoms with Crippen molar-refractivity contribution in [2.24, 2.45) is 4.99 Å². The summed E-state index contributed by atoms with van der Waals surface area (Å²) in [5.41, 5.74) is 0. The number of halogens is 1. The first-order valence-corrected chi connectivity index (χ1v) is 9.16. The van der Waals surface area contributed by atoms with Gasteiger partial charge in [-0.05, 0) is 25.5 Å². The van der Waals surface area contributed by atoms with Gasteiger partial charge in [0.15, 0.2) is 15.8 Å². The molecule has 0 radical (unpaired) electrons. The summed E-state index contributed by atoms with van der Waals surface area (Å²) < 4.78 is 37.8. The van der Waals surface area contributed by atoms with Gasteiger partial charge in [0.25, 0.3) is 0 Å². The van der Waals surface area contributed by atoms with Gasteiger partial charge in [0.2, 0.25) is 0 Å². The van der Waals surface area contributed by atoms with Crippen molar-refractivity contribution in [2.75, 3.05) is 25.4 Å². The van der Waals surface area contributed by atoms with Gasteiger partial charge in [-0.25, -0.2) is 12.8 Å². The molecule has 0 atom stereocenters. The highest BCUT2D eigenvalue weighted by molar-refractivity contribution is 7.91. The van der Waals surface area contributed by atoms with Gasteiger partial charge in [0.1, 0.15) is 10.7 Å². The van der Waals surface area contributed by atoms with E-state index in [0.717, 1.165) is 18.9 Å². The van der Waals surface area contributed by atoms with E-state index >= 15 is 0 Å². The van der Waals surface area contributed by atoms with Crippen LogP contribution >= 0.6 is 0 Å². The highest BCUT2D eigenvalue weighted by Gasteiger charge is 2.18. The molecule has 1 rings (SSSR count). The normalized spacial score (nSPS) is 12.2. The Morgan fingerprint density at radius 3 is 2.59 bits per heavy atom. The standard InChI is InChI=1S/C15H24FN3O2S/c1-3-5-10-18-15(17-4-2)19-11-12-22(20,21)14-9-7-6-8-13(14)16/h6-9H,3-5,10-12H2,1-2H3,(H2,17,18,19). The third-order valence-corrected chi connectivity index (χ3v) is 4.70. The van der Waals surface area contributed by atoms with Crippen LogP contribution in [0.25, 0.3) is 0 Å². The van der Waals surface area contributed by atoms with Crippen LogP contribution in [0.4, 0.5) is 4.39 Å². The van der Waals surface area contributed by atoms with Crippen molar-refractivity contribution in [3.8, 4) is 0 Å². The molecule has 0 unspecified atom stereocenters. The summed E-state index contributed by atoms with van der Waals surface area (Å²) in [4.78, 5) is 4.08. The predicted molar refractivity (Wildman–Crippen MR) is 87.3 cm³/mol. The van der Waals surface area contributed by atoms with Crippen molar-refractivity contribution in [1.82, 2.24) is 10.6 Å². The van der Waals surface area contributed by atoms with Gasteiger partial charge in [-0.1, -0.05) is 25.5 Å². The number of guanidine groups is 1. The average molecular weight is 329 g/mol. The molecule has 0 spiro atoms. The average Bonchev–Trinajstić information content (AvgIpc) is 2.47. The molecule has 0 saturated carbocycles. The Morgan fingerprint density at radius 2 is 1.95 bits per heavy atom. The maximum Gasteiger partial charge on any atom is 0.191 e. The van der Waals surface area contributed by atoms with Gasteiger partial charge in [0.05, 0.1) is 5.75 Å². The third kappa shape index (κ3) is 6.01. The third-order valence-electron chi connectivity index (χ3n) is 2.96. The molecule has 0 aliphatic rings. The molecular weight excluding hydrogens is 305 g/mol. The molecule has 0 aromatic heterocycles. The molecule has 0 aliphatic heterocycles. The maximum atomic E-state index is 13.6. The van der Waals surface area contributed by atoms with Crippen LogP contribution in [-0.4, -0.2) is 39.8 Å². The Morgan fingerprint density at radius 1 is 1.23 bits per heavy atom. The van der Waals surface area contributed by atoms with Gasteiger partial charge < -0.3 is 10.6 Å². The molecular formula is C15H24FN3O2S. The second kappa shape index (κ2) is 9.40. The number of unbranched alkanes of at least 4 members (excludes halogenated alkanes) is 1.